The summed E-state index contributed by atoms with van der Waals surface area (Å²) >= 11 is 12.7. The Balaban J connectivity index is 1.59. The summed E-state index contributed by atoms with van der Waals surface area (Å²) in [6, 6.07) is 24.5. The normalized spacial score (nSPS) is 12.6. The maximum Gasteiger partial charge on any atom is 0.133 e. The van der Waals surface area contributed by atoms with Crippen molar-refractivity contribution < 1.29 is 0 Å². The van der Waals surface area contributed by atoms with Gasteiger partial charge in [-0.3, -0.25) is 0 Å². The predicted octanol–water partition coefficient (Wildman–Crippen LogP) is 6.48. The third kappa shape index (κ3) is 2.88. The van der Waals surface area contributed by atoms with Crippen molar-refractivity contribution in [3.8, 4) is 28.1 Å². The van der Waals surface area contributed by atoms with Gasteiger partial charge in [0.15, 0.2) is 0 Å². The van der Waals surface area contributed by atoms with Gasteiger partial charge in [0, 0.05) is 17.7 Å². The molecule has 3 aromatic carbocycles. The molecule has 0 spiro atoms. The molecule has 0 fully saturated rings. The van der Waals surface area contributed by atoms with E-state index in [1.807, 2.05) is 22.9 Å². The smallest absolute Gasteiger partial charge is 0.133 e. The van der Waals surface area contributed by atoms with E-state index in [0.29, 0.717) is 10.0 Å². The molecule has 0 radical (unpaired) electrons. The largest absolute Gasteiger partial charge is 0.369 e. The molecule has 0 saturated heterocycles. The van der Waals surface area contributed by atoms with Gasteiger partial charge in [0.05, 0.1) is 21.4 Å². The fourth-order valence-corrected chi connectivity index (χ4v) is 4.06. The lowest BCUT2D eigenvalue weighted by molar-refractivity contribution is 0.883. The van der Waals surface area contributed by atoms with Gasteiger partial charge in [-0.2, -0.15) is 5.10 Å². The van der Waals surface area contributed by atoms with Crippen LogP contribution >= 0.6 is 23.2 Å². The minimum atomic E-state index is 0.508. The zero-order valence-corrected chi connectivity index (χ0v) is 16.5. The number of aromatic nitrogens is 2. The average Bonchev–Trinajstić information content (AvgIpc) is 3.34. The molecule has 3 nitrogen and oxygen atoms in total. The van der Waals surface area contributed by atoms with Gasteiger partial charge in [-0.15, -0.1) is 0 Å². The number of hydrogen-bond acceptors (Lipinski definition) is 2. The van der Waals surface area contributed by atoms with Crippen LogP contribution in [0.3, 0.4) is 0 Å². The molecule has 4 aromatic rings. The lowest BCUT2D eigenvalue weighted by atomic mass is 10.0. The molecule has 0 unspecified atom stereocenters. The third-order valence-electron chi connectivity index (χ3n) is 5.08. The molecule has 5 rings (SSSR count). The highest BCUT2D eigenvalue weighted by Gasteiger charge is 2.25. The van der Waals surface area contributed by atoms with E-state index in [2.05, 4.69) is 53.8 Å². The maximum atomic E-state index is 6.45. The lowest BCUT2D eigenvalue weighted by Gasteiger charge is -2.09. The Hall–Kier alpha value is -2.75. The molecule has 1 aliphatic heterocycles. The van der Waals surface area contributed by atoms with Gasteiger partial charge in [-0.05, 0) is 29.7 Å². The number of benzene rings is 3. The van der Waals surface area contributed by atoms with Crippen molar-refractivity contribution in [2.75, 3.05) is 11.9 Å². The van der Waals surface area contributed by atoms with Crippen molar-refractivity contribution in [1.29, 1.82) is 0 Å². The molecule has 5 heteroatoms. The van der Waals surface area contributed by atoms with E-state index in [1.165, 1.54) is 16.7 Å². The Morgan fingerprint density at radius 3 is 2.29 bits per heavy atom. The summed E-state index contributed by atoms with van der Waals surface area (Å²) in [4.78, 5) is 0. The highest BCUT2D eigenvalue weighted by molar-refractivity contribution is 6.43. The van der Waals surface area contributed by atoms with Gasteiger partial charge in [-0.25, -0.2) is 4.68 Å². The fraction of sp³-hybridized carbons (Fsp3) is 0.0870. The first-order valence-corrected chi connectivity index (χ1v) is 9.94. The minimum absolute atomic E-state index is 0.508. The van der Waals surface area contributed by atoms with Crippen LogP contribution in [0.1, 0.15) is 5.56 Å². The summed E-state index contributed by atoms with van der Waals surface area (Å²) in [5.74, 6) is 0.992. The lowest BCUT2D eigenvalue weighted by Crippen LogP contribution is -2.05. The summed E-state index contributed by atoms with van der Waals surface area (Å²) in [5.41, 5.74) is 6.47. The van der Waals surface area contributed by atoms with Crippen LogP contribution in [0.25, 0.3) is 28.1 Å². The Morgan fingerprint density at radius 2 is 1.50 bits per heavy atom. The first-order chi connectivity index (χ1) is 13.7. The Labute approximate surface area is 173 Å². The second-order valence-corrected chi connectivity index (χ2v) is 7.57. The number of halogens is 2. The number of anilines is 1. The molecule has 2 heterocycles. The molecular weight excluding hydrogens is 389 g/mol. The molecule has 28 heavy (non-hydrogen) atoms. The first kappa shape index (κ1) is 17.4. The molecule has 0 saturated carbocycles. The highest BCUT2D eigenvalue weighted by Crippen LogP contribution is 2.38. The fourth-order valence-electron chi connectivity index (χ4n) is 3.69. The van der Waals surface area contributed by atoms with Crippen molar-refractivity contribution in [1.82, 2.24) is 9.78 Å². The van der Waals surface area contributed by atoms with Crippen LogP contribution in [-0.4, -0.2) is 16.3 Å². The van der Waals surface area contributed by atoms with E-state index in [9.17, 15) is 0 Å². The molecule has 138 valence electrons. The molecule has 0 aliphatic carbocycles. The van der Waals surface area contributed by atoms with Crippen LogP contribution < -0.4 is 5.32 Å². The van der Waals surface area contributed by atoms with Crippen LogP contribution in [0.15, 0.2) is 72.8 Å². The Morgan fingerprint density at radius 1 is 0.786 bits per heavy atom. The van der Waals surface area contributed by atoms with Crippen molar-refractivity contribution in [3.05, 3.63) is 88.4 Å². The highest BCUT2D eigenvalue weighted by atomic mass is 35.5. The summed E-state index contributed by atoms with van der Waals surface area (Å²) < 4.78 is 1.87. The second-order valence-electron chi connectivity index (χ2n) is 6.78. The van der Waals surface area contributed by atoms with E-state index in [4.69, 9.17) is 28.3 Å². The first-order valence-electron chi connectivity index (χ1n) is 9.18. The quantitative estimate of drug-likeness (QED) is 0.422. The van der Waals surface area contributed by atoms with E-state index in [-0.39, 0.29) is 0 Å². The SMILES string of the molecule is Clc1cccc(-n2nc(-c3ccc(-c4ccccc4)cc3)c3c2NCC3)c1Cl. The zero-order valence-electron chi connectivity index (χ0n) is 15.0. The molecule has 0 atom stereocenters. The zero-order chi connectivity index (χ0) is 19.1. The molecule has 0 bridgehead atoms. The van der Waals surface area contributed by atoms with Crippen LogP contribution in [0, 0.1) is 0 Å². The Kier molecular flexibility index (Phi) is 4.34. The number of rotatable bonds is 3. The van der Waals surface area contributed by atoms with Gasteiger partial charge < -0.3 is 5.32 Å². The monoisotopic (exact) mass is 405 g/mol. The molecule has 0 amide bonds. The topological polar surface area (TPSA) is 29.9 Å². The number of hydrogen-bond donors (Lipinski definition) is 1. The standard InChI is InChI=1S/C23H17Cl2N3/c24-19-7-4-8-20(21(19)25)28-23-18(13-14-26-23)22(27-28)17-11-9-16(10-12-17)15-5-2-1-3-6-15/h1-12,26H,13-14H2. The van der Waals surface area contributed by atoms with E-state index in [1.54, 1.807) is 6.07 Å². The summed E-state index contributed by atoms with van der Waals surface area (Å²) in [6.07, 6.45) is 0.934. The van der Waals surface area contributed by atoms with Crippen molar-refractivity contribution in [2.24, 2.45) is 0 Å². The van der Waals surface area contributed by atoms with Crippen LogP contribution in [0.5, 0.6) is 0 Å². The summed E-state index contributed by atoms with van der Waals surface area (Å²) in [7, 11) is 0. The van der Waals surface area contributed by atoms with Gasteiger partial charge in [0.25, 0.3) is 0 Å². The predicted molar refractivity (Wildman–Crippen MR) is 117 cm³/mol. The molecular formula is C23H17Cl2N3. The van der Waals surface area contributed by atoms with Crippen LogP contribution in [0.2, 0.25) is 10.0 Å². The number of nitrogens with one attached hydrogen (secondary N) is 1. The average molecular weight is 406 g/mol. The van der Waals surface area contributed by atoms with Crippen molar-refractivity contribution >= 4 is 29.0 Å². The third-order valence-corrected chi connectivity index (χ3v) is 5.88. The van der Waals surface area contributed by atoms with E-state index in [0.717, 1.165) is 35.7 Å². The van der Waals surface area contributed by atoms with Gasteiger partial charge in [0.2, 0.25) is 0 Å². The minimum Gasteiger partial charge on any atom is -0.369 e. The molecule has 1 aliphatic rings. The van der Waals surface area contributed by atoms with Gasteiger partial charge in [0.1, 0.15) is 5.82 Å². The van der Waals surface area contributed by atoms with Crippen LogP contribution in [0.4, 0.5) is 5.82 Å². The summed E-state index contributed by atoms with van der Waals surface area (Å²) in [5, 5.41) is 9.36. The molecule has 1 aromatic heterocycles. The van der Waals surface area contributed by atoms with E-state index >= 15 is 0 Å². The summed E-state index contributed by atoms with van der Waals surface area (Å²) in [6.45, 7) is 0.889. The number of nitrogens with zero attached hydrogens (tertiary/aromatic N) is 2. The van der Waals surface area contributed by atoms with E-state index < -0.39 is 0 Å². The molecule has 1 N–H and O–H groups in total. The second kappa shape index (κ2) is 7.01. The van der Waals surface area contributed by atoms with Crippen LogP contribution in [-0.2, 0) is 6.42 Å². The Bertz CT molecular complexity index is 1150. The van der Waals surface area contributed by atoms with Gasteiger partial charge in [-0.1, -0.05) is 83.9 Å². The van der Waals surface area contributed by atoms with Crippen molar-refractivity contribution in [2.45, 2.75) is 6.42 Å². The van der Waals surface area contributed by atoms with Gasteiger partial charge >= 0.3 is 0 Å². The maximum absolute atomic E-state index is 6.45. The van der Waals surface area contributed by atoms with Crippen molar-refractivity contribution in [3.63, 3.8) is 0 Å². The number of fused-ring (bicyclic) bond motifs is 1.